The van der Waals surface area contributed by atoms with Gasteiger partial charge in [-0.2, -0.15) is 5.26 Å². The van der Waals surface area contributed by atoms with Gasteiger partial charge >= 0.3 is 0 Å². The first kappa shape index (κ1) is 23.8. The van der Waals surface area contributed by atoms with Crippen molar-refractivity contribution < 1.29 is 17.9 Å². The highest BCUT2D eigenvalue weighted by Gasteiger charge is 2.25. The first-order valence-corrected chi connectivity index (χ1v) is 11.8. The van der Waals surface area contributed by atoms with E-state index >= 15 is 0 Å². The van der Waals surface area contributed by atoms with E-state index < -0.39 is 16.1 Å². The van der Waals surface area contributed by atoms with Gasteiger partial charge in [0.05, 0.1) is 10.5 Å². The number of rotatable bonds is 8. The quantitative estimate of drug-likeness (QED) is 0.503. The van der Waals surface area contributed by atoms with Gasteiger partial charge in [-0.3, -0.25) is 9.52 Å². The van der Waals surface area contributed by atoms with Crippen LogP contribution in [0.4, 0.5) is 11.4 Å². The largest absolute Gasteiger partial charge is 0.479 e. The third kappa shape index (κ3) is 6.11. The Morgan fingerprint density at radius 2 is 1.55 bits per heavy atom. The van der Waals surface area contributed by atoms with Gasteiger partial charge in [0.2, 0.25) is 0 Å². The highest BCUT2D eigenvalue weighted by Crippen LogP contribution is 2.23. The molecular weight excluding hydrogens is 438 g/mol. The summed E-state index contributed by atoms with van der Waals surface area (Å²) >= 11 is 0. The van der Waals surface area contributed by atoms with Crippen LogP contribution in [0.5, 0.6) is 5.75 Å². The van der Waals surface area contributed by atoms with Gasteiger partial charge in [-0.25, -0.2) is 8.42 Å². The highest BCUT2D eigenvalue weighted by molar-refractivity contribution is 7.92. The Balaban J connectivity index is 1.69. The molecule has 2 N–H and O–H groups in total. The topological polar surface area (TPSA) is 108 Å². The van der Waals surface area contributed by atoms with Gasteiger partial charge in [-0.1, -0.05) is 43.7 Å². The molecule has 1 unspecified atom stereocenters. The van der Waals surface area contributed by atoms with Crippen LogP contribution < -0.4 is 14.8 Å². The van der Waals surface area contributed by atoms with Gasteiger partial charge in [-0.15, -0.1) is 0 Å². The van der Waals surface area contributed by atoms with E-state index in [1.807, 2.05) is 20.8 Å². The van der Waals surface area contributed by atoms with E-state index in [0.29, 0.717) is 22.7 Å². The molecule has 0 bridgehead atoms. The van der Waals surface area contributed by atoms with Crippen LogP contribution in [-0.2, 0) is 14.8 Å². The molecule has 7 nitrogen and oxygen atoms in total. The summed E-state index contributed by atoms with van der Waals surface area (Å²) in [7, 11) is -3.72. The first-order valence-electron chi connectivity index (χ1n) is 10.4. The predicted octanol–water partition coefficient (Wildman–Crippen LogP) is 4.71. The summed E-state index contributed by atoms with van der Waals surface area (Å²) in [5.41, 5.74) is 2.17. The second-order valence-corrected chi connectivity index (χ2v) is 9.56. The summed E-state index contributed by atoms with van der Waals surface area (Å²) < 4.78 is 33.5. The second-order valence-electron chi connectivity index (χ2n) is 7.88. The van der Waals surface area contributed by atoms with Crippen molar-refractivity contribution in [1.82, 2.24) is 0 Å². The van der Waals surface area contributed by atoms with Crippen molar-refractivity contribution in [3.05, 3.63) is 83.9 Å². The molecule has 1 atom stereocenters. The zero-order valence-electron chi connectivity index (χ0n) is 18.6. The molecular formula is C25H25N3O4S. The number of amides is 1. The Labute approximate surface area is 194 Å². The lowest BCUT2D eigenvalue weighted by atomic mass is 10.1. The SMILES string of the molecule is Cc1ccc(S(=O)(=O)Nc2ccc(NC(=O)C(Oc3ccccc3C#N)C(C)C)cc2)cc1. The number of anilines is 2. The average molecular weight is 464 g/mol. The van der Waals surface area contributed by atoms with Gasteiger partial charge in [0.25, 0.3) is 15.9 Å². The van der Waals surface area contributed by atoms with Crippen LogP contribution in [0.2, 0.25) is 0 Å². The van der Waals surface area contributed by atoms with Crippen molar-refractivity contribution in [2.45, 2.75) is 31.8 Å². The summed E-state index contributed by atoms with van der Waals surface area (Å²) in [6, 6.07) is 21.7. The summed E-state index contributed by atoms with van der Waals surface area (Å²) in [5, 5.41) is 12.0. The van der Waals surface area contributed by atoms with Crippen LogP contribution in [-0.4, -0.2) is 20.4 Å². The smallest absolute Gasteiger partial charge is 0.265 e. The number of aryl methyl sites for hydroxylation is 1. The van der Waals surface area contributed by atoms with Crippen LogP contribution in [0.15, 0.2) is 77.7 Å². The van der Waals surface area contributed by atoms with Crippen molar-refractivity contribution in [3.63, 3.8) is 0 Å². The van der Waals surface area contributed by atoms with Crippen LogP contribution in [0.3, 0.4) is 0 Å². The Bertz CT molecular complexity index is 1260. The summed E-state index contributed by atoms with van der Waals surface area (Å²) in [6.07, 6.45) is -0.820. The fourth-order valence-corrected chi connectivity index (χ4v) is 4.12. The molecule has 3 aromatic carbocycles. The van der Waals surface area contributed by atoms with E-state index in [9.17, 15) is 18.5 Å². The second kappa shape index (κ2) is 10.2. The Morgan fingerprint density at radius 1 is 0.939 bits per heavy atom. The summed E-state index contributed by atoms with van der Waals surface area (Å²) in [4.78, 5) is 13.0. The molecule has 3 aromatic rings. The number of nitrogens with one attached hydrogen (secondary N) is 2. The van der Waals surface area contributed by atoms with E-state index in [2.05, 4.69) is 16.1 Å². The molecule has 0 aliphatic carbocycles. The van der Waals surface area contributed by atoms with Gasteiger partial charge in [0.1, 0.15) is 11.8 Å². The van der Waals surface area contributed by atoms with Crippen molar-refractivity contribution >= 4 is 27.3 Å². The van der Waals surface area contributed by atoms with Crippen LogP contribution >= 0.6 is 0 Å². The van der Waals surface area contributed by atoms with Gasteiger partial charge < -0.3 is 10.1 Å². The Hall–Kier alpha value is -3.83. The maximum Gasteiger partial charge on any atom is 0.265 e. The number of para-hydroxylation sites is 1. The molecule has 0 heterocycles. The third-order valence-corrected chi connectivity index (χ3v) is 6.26. The van der Waals surface area contributed by atoms with Crippen molar-refractivity contribution in [1.29, 1.82) is 5.26 Å². The number of benzene rings is 3. The maximum atomic E-state index is 12.9. The normalized spacial score (nSPS) is 12.0. The number of hydrogen-bond donors (Lipinski definition) is 2. The maximum absolute atomic E-state index is 12.9. The number of carbonyl (C=O) groups is 1. The molecule has 0 radical (unpaired) electrons. The molecule has 0 fully saturated rings. The third-order valence-electron chi connectivity index (χ3n) is 4.86. The Kier molecular flexibility index (Phi) is 7.36. The van der Waals surface area contributed by atoms with E-state index in [1.165, 1.54) is 0 Å². The molecule has 0 saturated carbocycles. The van der Waals surface area contributed by atoms with E-state index in [1.54, 1.807) is 72.8 Å². The van der Waals surface area contributed by atoms with Crippen molar-refractivity contribution in [2.24, 2.45) is 5.92 Å². The fourth-order valence-electron chi connectivity index (χ4n) is 3.06. The number of ether oxygens (including phenoxy) is 1. The van der Waals surface area contributed by atoms with Gasteiger partial charge in [0.15, 0.2) is 6.10 Å². The van der Waals surface area contributed by atoms with E-state index in [-0.39, 0.29) is 16.7 Å². The zero-order valence-corrected chi connectivity index (χ0v) is 19.4. The zero-order chi connectivity index (χ0) is 24.0. The molecule has 1 amide bonds. The van der Waals surface area contributed by atoms with Crippen molar-refractivity contribution in [3.8, 4) is 11.8 Å². The molecule has 0 aliphatic heterocycles. The monoisotopic (exact) mass is 463 g/mol. The lowest BCUT2D eigenvalue weighted by Crippen LogP contribution is -2.37. The molecule has 0 aliphatic rings. The van der Waals surface area contributed by atoms with E-state index in [4.69, 9.17) is 4.74 Å². The summed E-state index contributed by atoms with van der Waals surface area (Å²) in [5.74, 6) is -0.183. The number of nitrogens with zero attached hydrogens (tertiary/aromatic N) is 1. The van der Waals surface area contributed by atoms with E-state index in [0.717, 1.165) is 5.56 Å². The summed E-state index contributed by atoms with van der Waals surface area (Å²) in [6.45, 7) is 5.58. The number of carbonyl (C=O) groups excluding carboxylic acids is 1. The standard InChI is InChI=1S/C25H25N3O4S/c1-17(2)24(32-23-7-5-4-6-19(23)16-26)25(29)27-20-10-12-21(13-11-20)28-33(30,31)22-14-8-18(3)9-15-22/h4-15,17,24,28H,1-3H3,(H,27,29). The minimum Gasteiger partial charge on any atom is -0.479 e. The van der Waals surface area contributed by atoms with Gasteiger partial charge in [0, 0.05) is 11.4 Å². The first-order chi connectivity index (χ1) is 15.7. The average Bonchev–Trinajstić information content (AvgIpc) is 2.78. The number of nitriles is 1. The van der Waals surface area contributed by atoms with Crippen LogP contribution in [0, 0.1) is 24.2 Å². The molecule has 3 rings (SSSR count). The van der Waals surface area contributed by atoms with Crippen LogP contribution in [0.25, 0.3) is 0 Å². The lowest BCUT2D eigenvalue weighted by Gasteiger charge is -2.22. The molecule has 8 heteroatoms. The molecule has 0 spiro atoms. The predicted molar refractivity (Wildman–Crippen MR) is 127 cm³/mol. The Morgan fingerprint density at radius 3 is 2.15 bits per heavy atom. The minimum atomic E-state index is -3.72. The molecule has 0 aromatic heterocycles. The number of sulfonamides is 1. The highest BCUT2D eigenvalue weighted by atomic mass is 32.2. The van der Waals surface area contributed by atoms with Gasteiger partial charge in [-0.05, 0) is 61.4 Å². The fraction of sp³-hybridized carbons (Fsp3) is 0.200. The molecule has 0 saturated heterocycles. The lowest BCUT2D eigenvalue weighted by molar-refractivity contribution is -0.124. The molecule has 170 valence electrons. The van der Waals surface area contributed by atoms with Crippen molar-refractivity contribution in [2.75, 3.05) is 10.0 Å². The van der Waals surface area contributed by atoms with Crippen LogP contribution in [0.1, 0.15) is 25.0 Å². The minimum absolute atomic E-state index is 0.155. The molecule has 33 heavy (non-hydrogen) atoms. The number of hydrogen-bond acceptors (Lipinski definition) is 5.